The van der Waals surface area contributed by atoms with Crippen LogP contribution in [0, 0.1) is 11.3 Å². The molecule has 1 heterocycles. The molecular formula is C12H23NO2S. The molecule has 0 aromatic carbocycles. The van der Waals surface area contributed by atoms with Crippen molar-refractivity contribution in [2.45, 2.75) is 51.7 Å². The fourth-order valence-corrected chi connectivity index (χ4v) is 4.57. The van der Waals surface area contributed by atoms with Crippen molar-refractivity contribution >= 4 is 10.0 Å². The Kier molecular flexibility index (Phi) is 3.08. The second-order valence-corrected chi connectivity index (χ2v) is 8.73. The first-order chi connectivity index (χ1) is 7.29. The quantitative estimate of drug-likeness (QED) is 0.764. The minimum Gasteiger partial charge on any atom is -0.212 e. The molecule has 0 N–H and O–H groups in total. The van der Waals surface area contributed by atoms with Crippen molar-refractivity contribution < 1.29 is 8.42 Å². The van der Waals surface area contributed by atoms with Crippen LogP contribution in [0.2, 0.25) is 0 Å². The van der Waals surface area contributed by atoms with Crippen molar-refractivity contribution in [2.24, 2.45) is 11.3 Å². The molecule has 0 spiro atoms. The van der Waals surface area contributed by atoms with Crippen LogP contribution in [0.25, 0.3) is 0 Å². The van der Waals surface area contributed by atoms with Crippen molar-refractivity contribution in [3.8, 4) is 0 Å². The molecule has 1 saturated carbocycles. The highest BCUT2D eigenvalue weighted by Crippen LogP contribution is 2.36. The molecule has 0 radical (unpaired) electrons. The zero-order valence-electron chi connectivity index (χ0n) is 10.6. The summed E-state index contributed by atoms with van der Waals surface area (Å²) in [6, 6.07) is 0. The number of nitrogens with zero attached hydrogens (tertiary/aromatic N) is 1. The SMILES string of the molecule is CC(C)(C)CC1CCN(S(=O)(=O)C2CC2)C1. The first-order valence-corrected chi connectivity index (χ1v) is 7.78. The van der Waals surface area contributed by atoms with Gasteiger partial charge in [0.15, 0.2) is 0 Å². The second kappa shape index (κ2) is 3.98. The van der Waals surface area contributed by atoms with E-state index in [1.165, 1.54) is 0 Å². The molecule has 1 aliphatic heterocycles. The zero-order valence-corrected chi connectivity index (χ0v) is 11.4. The number of hydrogen-bond donors (Lipinski definition) is 0. The Balaban J connectivity index is 1.93. The number of hydrogen-bond acceptors (Lipinski definition) is 2. The Bertz CT molecular complexity index is 352. The van der Waals surface area contributed by atoms with Gasteiger partial charge < -0.3 is 0 Å². The summed E-state index contributed by atoms with van der Waals surface area (Å²) >= 11 is 0. The van der Waals surface area contributed by atoms with Gasteiger partial charge in [-0.2, -0.15) is 0 Å². The highest BCUT2D eigenvalue weighted by molar-refractivity contribution is 7.90. The molecule has 2 aliphatic rings. The third-order valence-electron chi connectivity index (χ3n) is 3.46. The molecule has 0 amide bonds. The molecule has 16 heavy (non-hydrogen) atoms. The first-order valence-electron chi connectivity index (χ1n) is 6.28. The van der Waals surface area contributed by atoms with Crippen molar-refractivity contribution in [1.29, 1.82) is 0 Å². The van der Waals surface area contributed by atoms with Crippen molar-refractivity contribution in [1.82, 2.24) is 4.31 Å². The summed E-state index contributed by atoms with van der Waals surface area (Å²) in [5.74, 6) is 0.563. The highest BCUT2D eigenvalue weighted by atomic mass is 32.2. The summed E-state index contributed by atoms with van der Waals surface area (Å²) in [5.41, 5.74) is 0.310. The van der Waals surface area contributed by atoms with Crippen molar-refractivity contribution in [3.63, 3.8) is 0 Å². The van der Waals surface area contributed by atoms with Crippen LogP contribution in [0.5, 0.6) is 0 Å². The average Bonchev–Trinajstić information content (AvgIpc) is 2.86. The van der Waals surface area contributed by atoms with Gasteiger partial charge in [0.2, 0.25) is 10.0 Å². The van der Waals surface area contributed by atoms with E-state index < -0.39 is 10.0 Å². The van der Waals surface area contributed by atoms with E-state index in [1.54, 1.807) is 4.31 Å². The smallest absolute Gasteiger partial charge is 0.212 e. The summed E-state index contributed by atoms with van der Waals surface area (Å²) in [4.78, 5) is 0. The summed E-state index contributed by atoms with van der Waals surface area (Å²) in [7, 11) is -2.92. The molecule has 94 valence electrons. The van der Waals surface area contributed by atoms with Crippen LogP contribution in [0.4, 0.5) is 0 Å². The maximum Gasteiger partial charge on any atom is 0.216 e. The fourth-order valence-electron chi connectivity index (χ4n) is 2.64. The van der Waals surface area contributed by atoms with Gasteiger partial charge in [0, 0.05) is 13.1 Å². The molecule has 1 saturated heterocycles. The lowest BCUT2D eigenvalue weighted by Crippen LogP contribution is -2.32. The molecule has 1 aliphatic carbocycles. The van der Waals surface area contributed by atoms with E-state index in [2.05, 4.69) is 20.8 Å². The Morgan fingerprint density at radius 2 is 1.81 bits per heavy atom. The standard InChI is InChI=1S/C12H23NO2S/c1-12(2,3)8-10-6-7-13(9-10)16(14,15)11-4-5-11/h10-11H,4-9H2,1-3H3. The van der Waals surface area contributed by atoms with Crippen molar-refractivity contribution in [3.05, 3.63) is 0 Å². The maximum absolute atomic E-state index is 12.0. The highest BCUT2D eigenvalue weighted by Gasteiger charge is 2.42. The summed E-state index contributed by atoms with van der Waals surface area (Å²) in [5, 5.41) is -0.0408. The molecule has 0 bridgehead atoms. The van der Waals surface area contributed by atoms with Crippen molar-refractivity contribution in [2.75, 3.05) is 13.1 Å². The van der Waals surface area contributed by atoms with Gasteiger partial charge in [-0.1, -0.05) is 20.8 Å². The van der Waals surface area contributed by atoms with Gasteiger partial charge in [-0.05, 0) is 37.0 Å². The molecule has 4 heteroatoms. The molecular weight excluding hydrogens is 222 g/mol. The molecule has 2 rings (SSSR count). The Hall–Kier alpha value is -0.0900. The fraction of sp³-hybridized carbons (Fsp3) is 1.00. The lowest BCUT2D eigenvalue weighted by atomic mass is 9.84. The maximum atomic E-state index is 12.0. The Morgan fingerprint density at radius 1 is 1.19 bits per heavy atom. The molecule has 1 atom stereocenters. The lowest BCUT2D eigenvalue weighted by molar-refractivity contribution is 0.299. The van der Waals surface area contributed by atoms with E-state index in [9.17, 15) is 8.42 Å². The van der Waals surface area contributed by atoms with E-state index >= 15 is 0 Å². The predicted octanol–water partition coefficient (Wildman–Crippen LogP) is 2.24. The average molecular weight is 245 g/mol. The normalized spacial score (nSPS) is 28.6. The van der Waals surface area contributed by atoms with Crippen LogP contribution in [-0.4, -0.2) is 31.1 Å². The molecule has 2 fully saturated rings. The van der Waals surface area contributed by atoms with E-state index in [4.69, 9.17) is 0 Å². The summed E-state index contributed by atoms with van der Waals surface area (Å²) in [6.07, 6.45) is 3.93. The van der Waals surface area contributed by atoms with Gasteiger partial charge in [-0.15, -0.1) is 0 Å². The van der Waals surface area contributed by atoms with Gasteiger partial charge in [0.25, 0.3) is 0 Å². The zero-order chi connectivity index (χ0) is 12.0. The number of sulfonamides is 1. The lowest BCUT2D eigenvalue weighted by Gasteiger charge is -2.23. The van der Waals surface area contributed by atoms with Crippen LogP contribution >= 0.6 is 0 Å². The van der Waals surface area contributed by atoms with Crippen LogP contribution in [0.3, 0.4) is 0 Å². The molecule has 1 unspecified atom stereocenters. The topological polar surface area (TPSA) is 37.4 Å². The van der Waals surface area contributed by atoms with E-state index in [-0.39, 0.29) is 5.25 Å². The Labute approximate surface area is 99.3 Å². The van der Waals surface area contributed by atoms with Crippen LogP contribution in [0.15, 0.2) is 0 Å². The van der Waals surface area contributed by atoms with Gasteiger partial charge in [-0.25, -0.2) is 12.7 Å². The number of rotatable bonds is 3. The van der Waals surface area contributed by atoms with Gasteiger partial charge in [-0.3, -0.25) is 0 Å². The third kappa shape index (κ3) is 2.77. The Morgan fingerprint density at radius 3 is 2.31 bits per heavy atom. The van der Waals surface area contributed by atoms with Crippen LogP contribution in [0.1, 0.15) is 46.5 Å². The van der Waals surface area contributed by atoms with Gasteiger partial charge >= 0.3 is 0 Å². The van der Waals surface area contributed by atoms with E-state index in [1.807, 2.05) is 0 Å². The van der Waals surface area contributed by atoms with Gasteiger partial charge in [0.1, 0.15) is 0 Å². The van der Waals surface area contributed by atoms with Crippen LogP contribution < -0.4 is 0 Å². The molecule has 3 nitrogen and oxygen atoms in total. The second-order valence-electron chi connectivity index (χ2n) is 6.52. The van der Waals surface area contributed by atoms with E-state index in [0.717, 1.165) is 38.8 Å². The van der Waals surface area contributed by atoms with Crippen LogP contribution in [-0.2, 0) is 10.0 Å². The largest absolute Gasteiger partial charge is 0.216 e. The van der Waals surface area contributed by atoms with E-state index in [0.29, 0.717) is 11.3 Å². The first kappa shape index (κ1) is 12.4. The molecule has 0 aromatic rings. The van der Waals surface area contributed by atoms with Gasteiger partial charge in [0.05, 0.1) is 5.25 Å². The summed E-state index contributed by atoms with van der Waals surface area (Å²) in [6.45, 7) is 8.19. The molecule has 0 aromatic heterocycles. The summed E-state index contributed by atoms with van der Waals surface area (Å²) < 4.78 is 25.8. The predicted molar refractivity (Wildman–Crippen MR) is 65.7 cm³/mol. The third-order valence-corrected chi connectivity index (χ3v) is 5.82. The monoisotopic (exact) mass is 245 g/mol. The minimum absolute atomic E-state index is 0.0408. The minimum atomic E-state index is -2.92.